The van der Waals surface area contributed by atoms with Gasteiger partial charge in [-0.1, -0.05) is 12.1 Å². The largest absolute Gasteiger partial charge is 0.263 e. The van der Waals surface area contributed by atoms with E-state index in [1.54, 1.807) is 36.4 Å². The first-order chi connectivity index (χ1) is 9.51. The van der Waals surface area contributed by atoms with Crippen LogP contribution in [0.15, 0.2) is 52.0 Å². The summed E-state index contributed by atoms with van der Waals surface area (Å²) < 4.78 is 27.5. The van der Waals surface area contributed by atoms with E-state index in [0.717, 1.165) is 10.0 Å². The van der Waals surface area contributed by atoms with Crippen LogP contribution < -0.4 is 4.72 Å². The summed E-state index contributed by atoms with van der Waals surface area (Å²) in [4.78, 5) is 4.18. The van der Waals surface area contributed by atoms with Crippen molar-refractivity contribution in [1.82, 2.24) is 4.98 Å². The van der Waals surface area contributed by atoms with Gasteiger partial charge in [-0.2, -0.15) is 0 Å². The summed E-state index contributed by atoms with van der Waals surface area (Å²) in [6.45, 7) is 0. The Balaban J connectivity index is 2.19. The Morgan fingerprint density at radius 3 is 2.40 bits per heavy atom. The Kier molecular flexibility index (Phi) is 5.01. The van der Waals surface area contributed by atoms with Crippen molar-refractivity contribution in [1.29, 1.82) is 0 Å². The SMILES string of the molecule is O=S(=O)(Nc1ccc(Br)cn1)c1ccc(CCCl)cc1. The Morgan fingerprint density at radius 2 is 1.85 bits per heavy atom. The van der Waals surface area contributed by atoms with Gasteiger partial charge in [0.2, 0.25) is 0 Å². The molecule has 0 spiro atoms. The molecule has 1 aromatic heterocycles. The Hall–Kier alpha value is -1.11. The predicted molar refractivity (Wildman–Crippen MR) is 83.6 cm³/mol. The number of benzene rings is 1. The molecule has 0 unspecified atom stereocenters. The van der Waals surface area contributed by atoms with E-state index in [1.807, 2.05) is 0 Å². The molecule has 106 valence electrons. The average molecular weight is 376 g/mol. The number of hydrogen-bond donors (Lipinski definition) is 1. The second kappa shape index (κ2) is 6.56. The highest BCUT2D eigenvalue weighted by Crippen LogP contribution is 2.17. The Morgan fingerprint density at radius 1 is 1.15 bits per heavy atom. The van der Waals surface area contributed by atoms with Crippen molar-refractivity contribution >= 4 is 43.4 Å². The Labute approximate surface area is 131 Å². The number of aryl methyl sites for hydroxylation is 1. The monoisotopic (exact) mass is 374 g/mol. The normalized spacial score (nSPS) is 11.3. The lowest BCUT2D eigenvalue weighted by Crippen LogP contribution is -2.13. The standard InChI is InChI=1S/C13H12BrClN2O2S/c14-11-3-6-13(16-9-11)17-20(18,19)12-4-1-10(2-5-12)7-8-15/h1-6,9H,7-8H2,(H,16,17). The van der Waals surface area contributed by atoms with Crippen LogP contribution in [0.2, 0.25) is 0 Å². The molecule has 1 aromatic carbocycles. The zero-order valence-corrected chi connectivity index (χ0v) is 13.5. The summed E-state index contributed by atoms with van der Waals surface area (Å²) in [7, 11) is -3.62. The highest BCUT2D eigenvalue weighted by molar-refractivity contribution is 9.10. The van der Waals surface area contributed by atoms with Crippen molar-refractivity contribution in [2.75, 3.05) is 10.6 Å². The smallest absolute Gasteiger partial charge is 0.263 e. The van der Waals surface area contributed by atoms with E-state index >= 15 is 0 Å². The van der Waals surface area contributed by atoms with Gasteiger partial charge < -0.3 is 0 Å². The first-order valence-corrected chi connectivity index (χ1v) is 8.61. The lowest BCUT2D eigenvalue weighted by molar-refractivity contribution is 0.601. The molecular formula is C13H12BrClN2O2S. The van der Waals surface area contributed by atoms with E-state index in [0.29, 0.717) is 12.3 Å². The second-order valence-corrected chi connectivity index (χ2v) is 7.03. The van der Waals surface area contributed by atoms with Crippen LogP contribution in [0, 0.1) is 0 Å². The molecule has 0 saturated heterocycles. The molecule has 0 aliphatic heterocycles. The molecule has 0 amide bonds. The first-order valence-electron chi connectivity index (χ1n) is 5.80. The summed E-state index contributed by atoms with van der Waals surface area (Å²) in [5, 5.41) is 0. The molecule has 4 nitrogen and oxygen atoms in total. The van der Waals surface area contributed by atoms with Crippen molar-refractivity contribution in [3.05, 3.63) is 52.6 Å². The molecule has 1 N–H and O–H groups in total. The predicted octanol–water partition coefficient (Wildman–Crippen LogP) is 3.43. The average Bonchev–Trinajstić information content (AvgIpc) is 2.42. The Bertz CT molecular complexity index is 673. The third-order valence-corrected chi connectivity index (χ3v) is 4.61. The maximum absolute atomic E-state index is 12.2. The van der Waals surface area contributed by atoms with Crippen LogP contribution >= 0.6 is 27.5 Å². The summed E-state index contributed by atoms with van der Waals surface area (Å²) in [5.41, 5.74) is 1.00. The van der Waals surface area contributed by atoms with Crippen molar-refractivity contribution in [2.45, 2.75) is 11.3 Å². The number of aromatic nitrogens is 1. The highest BCUT2D eigenvalue weighted by Gasteiger charge is 2.14. The van der Waals surface area contributed by atoms with E-state index < -0.39 is 10.0 Å². The minimum absolute atomic E-state index is 0.195. The fraction of sp³-hybridized carbons (Fsp3) is 0.154. The van der Waals surface area contributed by atoms with Gasteiger partial charge in [-0.05, 0) is 52.2 Å². The molecule has 0 saturated carbocycles. The molecule has 0 fully saturated rings. The number of pyridine rings is 1. The van der Waals surface area contributed by atoms with Crippen molar-refractivity contribution in [3.63, 3.8) is 0 Å². The molecule has 0 bridgehead atoms. The van der Waals surface area contributed by atoms with E-state index in [-0.39, 0.29) is 10.7 Å². The van der Waals surface area contributed by atoms with Gasteiger partial charge in [0.1, 0.15) is 5.82 Å². The first kappa shape index (κ1) is 15.3. The van der Waals surface area contributed by atoms with Gasteiger partial charge in [0, 0.05) is 16.5 Å². The summed E-state index contributed by atoms with van der Waals surface area (Å²) in [6, 6.07) is 9.93. The summed E-state index contributed by atoms with van der Waals surface area (Å²) in [5.74, 6) is 0.783. The molecule has 2 aromatic rings. The van der Waals surface area contributed by atoms with Crippen LogP contribution in [-0.2, 0) is 16.4 Å². The van der Waals surface area contributed by atoms with Gasteiger partial charge in [0.05, 0.1) is 4.90 Å². The van der Waals surface area contributed by atoms with Crippen LogP contribution in [0.1, 0.15) is 5.56 Å². The molecule has 2 rings (SSSR count). The molecule has 0 aliphatic carbocycles. The van der Waals surface area contributed by atoms with E-state index in [4.69, 9.17) is 11.6 Å². The quantitative estimate of drug-likeness (QED) is 0.815. The van der Waals surface area contributed by atoms with Crippen LogP contribution in [-0.4, -0.2) is 19.3 Å². The topological polar surface area (TPSA) is 59.1 Å². The number of hydrogen-bond acceptors (Lipinski definition) is 3. The van der Waals surface area contributed by atoms with E-state index in [9.17, 15) is 8.42 Å². The number of anilines is 1. The van der Waals surface area contributed by atoms with Crippen LogP contribution in [0.25, 0.3) is 0 Å². The van der Waals surface area contributed by atoms with Gasteiger partial charge >= 0.3 is 0 Å². The summed E-state index contributed by atoms with van der Waals surface area (Å²) in [6.07, 6.45) is 2.24. The molecule has 0 radical (unpaired) electrons. The van der Waals surface area contributed by atoms with Crippen molar-refractivity contribution in [3.8, 4) is 0 Å². The van der Waals surface area contributed by atoms with Gasteiger partial charge in [0.25, 0.3) is 10.0 Å². The zero-order chi connectivity index (χ0) is 14.6. The van der Waals surface area contributed by atoms with Crippen LogP contribution in [0.5, 0.6) is 0 Å². The molecule has 7 heteroatoms. The third-order valence-electron chi connectivity index (χ3n) is 2.58. The molecule has 0 atom stereocenters. The highest BCUT2D eigenvalue weighted by atomic mass is 79.9. The minimum Gasteiger partial charge on any atom is -0.263 e. The van der Waals surface area contributed by atoms with E-state index in [2.05, 4.69) is 25.6 Å². The second-order valence-electron chi connectivity index (χ2n) is 4.05. The fourth-order valence-corrected chi connectivity index (χ4v) is 3.04. The number of rotatable bonds is 5. The van der Waals surface area contributed by atoms with Crippen LogP contribution in [0.3, 0.4) is 0 Å². The summed E-state index contributed by atoms with van der Waals surface area (Å²) >= 11 is 8.89. The third kappa shape index (κ3) is 3.94. The maximum atomic E-state index is 12.2. The number of alkyl halides is 1. The minimum atomic E-state index is -3.62. The van der Waals surface area contributed by atoms with Crippen molar-refractivity contribution in [2.24, 2.45) is 0 Å². The molecular weight excluding hydrogens is 364 g/mol. The lowest BCUT2D eigenvalue weighted by atomic mass is 10.2. The molecule has 20 heavy (non-hydrogen) atoms. The number of nitrogens with one attached hydrogen (secondary N) is 1. The number of sulfonamides is 1. The zero-order valence-electron chi connectivity index (χ0n) is 10.4. The fourth-order valence-electron chi connectivity index (χ4n) is 1.58. The maximum Gasteiger partial charge on any atom is 0.263 e. The van der Waals surface area contributed by atoms with Gasteiger partial charge in [-0.3, -0.25) is 4.72 Å². The number of nitrogens with zero attached hydrogens (tertiary/aromatic N) is 1. The van der Waals surface area contributed by atoms with E-state index in [1.165, 1.54) is 6.20 Å². The molecule has 0 aliphatic rings. The lowest BCUT2D eigenvalue weighted by Gasteiger charge is -2.08. The van der Waals surface area contributed by atoms with Gasteiger partial charge in [0.15, 0.2) is 0 Å². The van der Waals surface area contributed by atoms with Gasteiger partial charge in [-0.25, -0.2) is 13.4 Å². The van der Waals surface area contributed by atoms with Crippen molar-refractivity contribution < 1.29 is 8.42 Å². The van der Waals surface area contributed by atoms with Gasteiger partial charge in [-0.15, -0.1) is 11.6 Å². The van der Waals surface area contributed by atoms with Crippen LogP contribution in [0.4, 0.5) is 5.82 Å². The number of halogens is 2. The molecule has 1 heterocycles.